The number of aromatic carboxylic acids is 2. The minimum absolute atomic E-state index is 0.0195. The van der Waals surface area contributed by atoms with Crippen molar-refractivity contribution in [2.45, 2.75) is 26.9 Å². The van der Waals surface area contributed by atoms with Crippen molar-refractivity contribution in [3.63, 3.8) is 0 Å². The van der Waals surface area contributed by atoms with E-state index in [0.717, 1.165) is 0 Å². The zero-order chi connectivity index (χ0) is 29.1. The van der Waals surface area contributed by atoms with Gasteiger partial charge in [-0.3, -0.25) is 0 Å². The van der Waals surface area contributed by atoms with Crippen LogP contribution < -0.4 is 0 Å². The first-order valence-electron chi connectivity index (χ1n) is 12.0. The molecule has 2 aromatic heterocycles. The van der Waals surface area contributed by atoms with Gasteiger partial charge in [0.15, 0.2) is 0 Å². The Morgan fingerprint density at radius 3 is 1.35 bits per heavy atom. The number of aryl methyl sites for hydroxylation is 2. The molecule has 0 unspecified atom stereocenters. The average Bonchev–Trinajstić information content (AvgIpc) is 3.47. The molecule has 0 bridgehead atoms. The fourth-order valence-electron chi connectivity index (χ4n) is 4.48. The van der Waals surface area contributed by atoms with Crippen molar-refractivity contribution in [2.24, 2.45) is 0 Å². The van der Waals surface area contributed by atoms with Crippen LogP contribution in [0.4, 0.5) is 0 Å². The van der Waals surface area contributed by atoms with E-state index in [4.69, 9.17) is 0 Å². The number of fused-ring (bicyclic) bond motifs is 2. The number of rotatable bonds is 11. The molecule has 0 spiro atoms. The minimum Gasteiger partial charge on any atom is -0.478 e. The normalized spacial score (nSPS) is 12.2. The minimum atomic E-state index is -1.32. The number of nitrogens with zero attached hydrogens (tertiary/aromatic N) is 2. The zero-order valence-electron chi connectivity index (χ0n) is 21.3. The summed E-state index contributed by atoms with van der Waals surface area (Å²) in [5, 5.41) is 39.9. The van der Waals surface area contributed by atoms with Crippen molar-refractivity contribution in [2.75, 3.05) is 0 Å². The Balaban J connectivity index is 1.77. The number of aromatic nitrogens is 2. The van der Waals surface area contributed by atoms with E-state index < -0.39 is 23.9 Å². The molecule has 0 amide bonds. The van der Waals surface area contributed by atoms with E-state index in [1.807, 2.05) is 13.8 Å². The highest BCUT2D eigenvalue weighted by molar-refractivity contribution is 8.80. The van der Waals surface area contributed by atoms with Crippen molar-refractivity contribution in [3.05, 3.63) is 80.9 Å². The first-order valence-corrected chi connectivity index (χ1v) is 14.2. The lowest BCUT2D eigenvalue weighted by molar-refractivity contribution is -0.132. The topological polar surface area (TPSA) is 159 Å². The van der Waals surface area contributed by atoms with E-state index in [0.29, 0.717) is 67.6 Å². The van der Waals surface area contributed by atoms with Crippen LogP contribution in [0.25, 0.3) is 34.0 Å². The summed E-state index contributed by atoms with van der Waals surface area (Å²) >= 11 is 0. The average molecular weight is 581 g/mol. The molecule has 40 heavy (non-hydrogen) atoms. The van der Waals surface area contributed by atoms with Crippen LogP contribution in [0.2, 0.25) is 0 Å². The Morgan fingerprint density at radius 1 is 0.675 bits per heavy atom. The maximum absolute atomic E-state index is 12.2. The summed E-state index contributed by atoms with van der Waals surface area (Å²) in [6.45, 7) is 4.79. The van der Waals surface area contributed by atoms with Crippen molar-refractivity contribution in [1.29, 1.82) is 0 Å². The maximum atomic E-state index is 12.2. The number of carboxylic acid groups (broad SMARTS) is 4. The molecule has 4 rings (SSSR count). The third-order valence-electron chi connectivity index (χ3n) is 6.23. The molecule has 10 nitrogen and oxygen atoms in total. The first kappa shape index (κ1) is 28.6. The van der Waals surface area contributed by atoms with Crippen LogP contribution in [-0.4, -0.2) is 53.4 Å². The number of aliphatic carboxylic acids is 2. The van der Waals surface area contributed by atoms with Gasteiger partial charge in [0.05, 0.1) is 11.1 Å². The number of carboxylic acids is 4. The molecule has 0 saturated carbocycles. The van der Waals surface area contributed by atoms with Gasteiger partial charge in [-0.25, -0.2) is 19.2 Å². The standard InChI is InChI=1S/C28H24N2O8S2/c1-3-29-13-15(23-17(25(31)32)7-5-9-19(23)29)11-21(27(35)36)39-40-22(28(37)38)12-16-14-30(4-2)20-10-6-8-18(24(16)20)26(33)34/h5-14H,3-4H2,1-2H3,(H,31,32)(H,33,34)(H,35,36)(H,37,38)/b21-11+,22-12+. The largest absolute Gasteiger partial charge is 0.478 e. The van der Waals surface area contributed by atoms with Gasteiger partial charge in [0, 0.05) is 58.4 Å². The summed E-state index contributed by atoms with van der Waals surface area (Å²) in [4.78, 5) is 47.6. The van der Waals surface area contributed by atoms with E-state index in [-0.39, 0.29) is 20.9 Å². The smallest absolute Gasteiger partial charge is 0.343 e. The van der Waals surface area contributed by atoms with E-state index in [9.17, 15) is 39.6 Å². The molecule has 0 aliphatic rings. The summed E-state index contributed by atoms with van der Waals surface area (Å²) in [7, 11) is 1.40. The summed E-state index contributed by atoms with van der Waals surface area (Å²) in [5.41, 5.74) is 2.04. The van der Waals surface area contributed by atoms with Gasteiger partial charge in [-0.15, -0.1) is 0 Å². The molecule has 12 heteroatoms. The summed E-state index contributed by atoms with van der Waals surface area (Å²) < 4.78 is 3.61. The van der Waals surface area contributed by atoms with Crippen LogP contribution in [-0.2, 0) is 22.7 Å². The van der Waals surface area contributed by atoms with Gasteiger partial charge in [-0.1, -0.05) is 12.1 Å². The predicted molar refractivity (Wildman–Crippen MR) is 156 cm³/mol. The maximum Gasteiger partial charge on any atom is 0.343 e. The highest BCUT2D eigenvalue weighted by Gasteiger charge is 2.21. The second-order valence-corrected chi connectivity index (χ2v) is 10.8. The lowest BCUT2D eigenvalue weighted by Crippen LogP contribution is -2.00. The van der Waals surface area contributed by atoms with Gasteiger partial charge >= 0.3 is 23.9 Å². The van der Waals surface area contributed by atoms with Gasteiger partial charge in [-0.05, 0) is 71.9 Å². The first-order chi connectivity index (χ1) is 19.1. The Kier molecular flexibility index (Phi) is 8.40. The second kappa shape index (κ2) is 11.8. The third kappa shape index (κ3) is 5.49. The van der Waals surface area contributed by atoms with Crippen LogP contribution >= 0.6 is 21.6 Å². The highest BCUT2D eigenvalue weighted by Crippen LogP contribution is 2.40. The molecule has 4 aromatic rings. The molecule has 0 aliphatic heterocycles. The molecular formula is C28H24N2O8S2. The molecule has 4 N–H and O–H groups in total. The molecule has 2 heterocycles. The summed E-state index contributed by atoms with van der Waals surface area (Å²) in [6, 6.07) is 9.59. The van der Waals surface area contributed by atoms with Crippen LogP contribution in [0.1, 0.15) is 45.7 Å². The van der Waals surface area contributed by atoms with Gasteiger partial charge in [0.2, 0.25) is 0 Å². The van der Waals surface area contributed by atoms with Gasteiger partial charge in [-0.2, -0.15) is 0 Å². The highest BCUT2D eigenvalue weighted by atomic mass is 33.1. The SMILES string of the molecule is CCn1cc(/C=C(/SS/C(=C/c2cn(CC)c3cccc(C(=O)O)c23)C(=O)O)C(=O)O)c2c(C(=O)O)cccc21. The Bertz CT molecular complexity index is 1620. The number of benzene rings is 2. The number of carbonyl (C=O) groups is 4. The van der Waals surface area contributed by atoms with Crippen molar-refractivity contribution < 1.29 is 39.6 Å². The molecule has 0 saturated heterocycles. The fourth-order valence-corrected chi connectivity index (χ4v) is 6.41. The van der Waals surface area contributed by atoms with Crippen molar-refractivity contribution in [3.8, 4) is 0 Å². The molecule has 206 valence electrons. The van der Waals surface area contributed by atoms with Gasteiger partial charge in [0.1, 0.15) is 9.81 Å². The van der Waals surface area contributed by atoms with Crippen LogP contribution in [0.3, 0.4) is 0 Å². The van der Waals surface area contributed by atoms with Gasteiger partial charge < -0.3 is 29.6 Å². The van der Waals surface area contributed by atoms with Crippen molar-refractivity contribution in [1.82, 2.24) is 9.13 Å². The molecule has 0 atom stereocenters. The van der Waals surface area contributed by atoms with Gasteiger partial charge in [0.25, 0.3) is 0 Å². The van der Waals surface area contributed by atoms with E-state index in [2.05, 4.69) is 0 Å². The quantitative estimate of drug-likeness (QED) is 0.123. The summed E-state index contributed by atoms with van der Waals surface area (Å²) in [5.74, 6) is -4.95. The Labute approximate surface area is 235 Å². The number of hydrogen-bond acceptors (Lipinski definition) is 6. The monoisotopic (exact) mass is 580 g/mol. The Morgan fingerprint density at radius 2 is 1.05 bits per heavy atom. The molecule has 2 aromatic carbocycles. The van der Waals surface area contributed by atoms with Crippen molar-refractivity contribution >= 4 is 79.4 Å². The number of hydrogen-bond donors (Lipinski definition) is 4. The second-order valence-electron chi connectivity index (χ2n) is 8.54. The predicted octanol–water partition coefficient (Wildman–Crippen LogP) is 5.96. The molecule has 0 radical (unpaired) electrons. The molecule has 0 aliphatic carbocycles. The van der Waals surface area contributed by atoms with E-state index in [1.165, 1.54) is 24.3 Å². The molecule has 0 fully saturated rings. The zero-order valence-corrected chi connectivity index (χ0v) is 23.0. The lowest BCUT2D eigenvalue weighted by atomic mass is 10.1. The van der Waals surface area contributed by atoms with E-state index >= 15 is 0 Å². The van der Waals surface area contributed by atoms with Crippen LogP contribution in [0.5, 0.6) is 0 Å². The Hall–Kier alpha value is -4.42. The lowest BCUT2D eigenvalue weighted by Gasteiger charge is -2.05. The van der Waals surface area contributed by atoms with E-state index in [1.54, 1.807) is 45.8 Å². The third-order valence-corrected chi connectivity index (χ3v) is 8.58. The summed E-state index contributed by atoms with van der Waals surface area (Å²) in [6.07, 6.45) is 5.97. The molecular weight excluding hydrogens is 556 g/mol. The fraction of sp³-hybridized carbons (Fsp3) is 0.143. The van der Waals surface area contributed by atoms with Crippen LogP contribution in [0.15, 0.2) is 58.6 Å². The van der Waals surface area contributed by atoms with Crippen LogP contribution in [0, 0.1) is 0 Å².